The van der Waals surface area contributed by atoms with Crippen LogP contribution in [0.5, 0.6) is 0 Å². The van der Waals surface area contributed by atoms with Crippen molar-refractivity contribution in [2.24, 2.45) is 0 Å². The van der Waals surface area contributed by atoms with Crippen molar-refractivity contribution in [3.8, 4) is 0 Å². The van der Waals surface area contributed by atoms with Gasteiger partial charge in [0.05, 0.1) is 22.5 Å². The Kier molecular flexibility index (Phi) is 3.68. The van der Waals surface area contributed by atoms with Gasteiger partial charge in [-0.05, 0) is 25.1 Å². The highest BCUT2D eigenvalue weighted by molar-refractivity contribution is 6.35. The Morgan fingerprint density at radius 1 is 1.25 bits per heavy atom. The van der Waals surface area contributed by atoms with Crippen LogP contribution in [0, 0.1) is 0 Å². The van der Waals surface area contributed by atoms with Gasteiger partial charge >= 0.3 is 0 Å². The lowest BCUT2D eigenvalue weighted by Gasteiger charge is -2.10. The summed E-state index contributed by atoms with van der Waals surface area (Å²) in [4.78, 5) is 4.58. The quantitative estimate of drug-likeness (QED) is 0.686. The summed E-state index contributed by atoms with van der Waals surface area (Å²) < 4.78 is 4.00. The Balaban J connectivity index is 2.02. The lowest BCUT2D eigenvalue weighted by atomic mass is 10.3. The maximum atomic E-state index is 6.24. The van der Waals surface area contributed by atoms with E-state index in [1.165, 1.54) is 0 Å². The molecule has 3 aromatic rings. The van der Waals surface area contributed by atoms with E-state index in [1.54, 1.807) is 6.20 Å². The maximum absolute atomic E-state index is 6.24. The van der Waals surface area contributed by atoms with Gasteiger partial charge in [-0.25, -0.2) is 4.98 Å². The summed E-state index contributed by atoms with van der Waals surface area (Å²) in [6, 6.07) is 7.70. The minimum atomic E-state index is -0.170. The highest BCUT2D eigenvalue weighted by Crippen LogP contribution is 2.28. The molecule has 3 rings (SSSR count). The Labute approximate surface area is 126 Å². The number of hydrogen-bond donors (Lipinski definition) is 0. The van der Waals surface area contributed by atoms with Crippen LogP contribution in [0.25, 0.3) is 11.0 Å². The molecule has 1 atom stereocenters. The molecule has 0 bridgehead atoms. The van der Waals surface area contributed by atoms with Crippen LogP contribution in [0.1, 0.15) is 18.1 Å². The van der Waals surface area contributed by atoms with E-state index in [-0.39, 0.29) is 5.38 Å². The smallest absolute Gasteiger partial charge is 0.127 e. The molecule has 2 heterocycles. The molecular formula is C14H14Cl2N4. The molecule has 0 aliphatic carbocycles. The molecule has 0 N–H and O–H groups in total. The first-order valence-electron chi connectivity index (χ1n) is 6.43. The molecule has 2 aromatic heterocycles. The standard InChI is InChI=1S/C14H14Cl2N4/c1-10(15)14-18-13-11(16)4-2-5-12(13)20(14)9-8-19-7-3-6-17-19/h2-7,10H,8-9H2,1H3. The molecule has 0 aliphatic rings. The zero-order valence-electron chi connectivity index (χ0n) is 11.0. The number of imidazole rings is 1. The topological polar surface area (TPSA) is 35.6 Å². The van der Waals surface area contributed by atoms with E-state index in [2.05, 4.69) is 14.6 Å². The number of rotatable bonds is 4. The number of benzene rings is 1. The molecule has 0 amide bonds. The summed E-state index contributed by atoms with van der Waals surface area (Å²) in [5.41, 5.74) is 1.81. The van der Waals surface area contributed by atoms with Crippen LogP contribution in [-0.2, 0) is 13.1 Å². The molecule has 6 heteroatoms. The number of aromatic nitrogens is 4. The number of nitrogens with zero attached hydrogens (tertiary/aromatic N) is 4. The van der Waals surface area contributed by atoms with Gasteiger partial charge in [-0.2, -0.15) is 5.10 Å². The van der Waals surface area contributed by atoms with E-state index in [0.29, 0.717) is 5.02 Å². The van der Waals surface area contributed by atoms with Gasteiger partial charge in [0, 0.05) is 18.9 Å². The van der Waals surface area contributed by atoms with Gasteiger partial charge in [0.1, 0.15) is 11.3 Å². The van der Waals surface area contributed by atoms with E-state index in [9.17, 15) is 0 Å². The summed E-state index contributed by atoms with van der Waals surface area (Å²) in [5.74, 6) is 0.835. The molecule has 0 spiro atoms. The average Bonchev–Trinajstić information content (AvgIpc) is 3.03. The number of halogens is 2. The van der Waals surface area contributed by atoms with E-state index >= 15 is 0 Å². The largest absolute Gasteiger partial charge is 0.325 e. The third-order valence-electron chi connectivity index (χ3n) is 3.23. The van der Waals surface area contributed by atoms with E-state index < -0.39 is 0 Å². The zero-order chi connectivity index (χ0) is 14.1. The number of aryl methyl sites for hydroxylation is 2. The Bertz CT molecular complexity index is 716. The van der Waals surface area contributed by atoms with Gasteiger partial charge in [0.25, 0.3) is 0 Å². The first-order chi connectivity index (χ1) is 9.66. The molecule has 104 valence electrons. The summed E-state index contributed by atoms with van der Waals surface area (Å²) in [7, 11) is 0. The third-order valence-corrected chi connectivity index (χ3v) is 3.73. The van der Waals surface area contributed by atoms with Crippen LogP contribution >= 0.6 is 23.2 Å². The average molecular weight is 309 g/mol. The minimum Gasteiger partial charge on any atom is -0.325 e. The van der Waals surface area contributed by atoms with Gasteiger partial charge in [-0.3, -0.25) is 4.68 Å². The number of para-hydroxylation sites is 1. The molecule has 0 saturated heterocycles. The predicted octanol–water partition coefficient (Wildman–Crippen LogP) is 3.89. The van der Waals surface area contributed by atoms with Crippen LogP contribution in [0.2, 0.25) is 5.02 Å². The molecule has 1 unspecified atom stereocenters. The van der Waals surface area contributed by atoms with Crippen molar-refractivity contribution < 1.29 is 0 Å². The monoisotopic (exact) mass is 308 g/mol. The van der Waals surface area contributed by atoms with E-state index in [4.69, 9.17) is 23.2 Å². The fraction of sp³-hybridized carbons (Fsp3) is 0.286. The van der Waals surface area contributed by atoms with Crippen LogP contribution < -0.4 is 0 Å². The van der Waals surface area contributed by atoms with Crippen LogP contribution in [-0.4, -0.2) is 19.3 Å². The van der Waals surface area contributed by atoms with E-state index in [0.717, 1.165) is 29.9 Å². The molecule has 0 radical (unpaired) electrons. The third kappa shape index (κ3) is 2.41. The van der Waals surface area contributed by atoms with Gasteiger partial charge in [-0.1, -0.05) is 17.7 Å². The van der Waals surface area contributed by atoms with E-state index in [1.807, 2.05) is 42.1 Å². The maximum Gasteiger partial charge on any atom is 0.127 e. The lowest BCUT2D eigenvalue weighted by Crippen LogP contribution is -2.11. The van der Waals surface area contributed by atoms with Crippen molar-refractivity contribution in [3.05, 3.63) is 47.5 Å². The van der Waals surface area contributed by atoms with Gasteiger partial charge in [0.15, 0.2) is 0 Å². The molecule has 1 aromatic carbocycles. The zero-order valence-corrected chi connectivity index (χ0v) is 12.5. The molecule has 20 heavy (non-hydrogen) atoms. The lowest BCUT2D eigenvalue weighted by molar-refractivity contribution is 0.528. The Morgan fingerprint density at radius 2 is 2.10 bits per heavy atom. The van der Waals surface area contributed by atoms with Gasteiger partial charge < -0.3 is 4.57 Å². The van der Waals surface area contributed by atoms with Crippen molar-refractivity contribution in [3.63, 3.8) is 0 Å². The fourth-order valence-corrected chi connectivity index (χ4v) is 2.68. The minimum absolute atomic E-state index is 0.170. The summed E-state index contributed by atoms with van der Waals surface area (Å²) in [6.07, 6.45) is 3.71. The first kappa shape index (κ1) is 13.5. The Hall–Kier alpha value is -1.52. The van der Waals surface area contributed by atoms with Gasteiger partial charge in [-0.15, -0.1) is 11.6 Å². The fourth-order valence-electron chi connectivity index (χ4n) is 2.30. The molecule has 0 fully saturated rings. The molecule has 0 aliphatic heterocycles. The predicted molar refractivity (Wildman–Crippen MR) is 81.2 cm³/mol. The summed E-state index contributed by atoms with van der Waals surface area (Å²) in [6.45, 7) is 3.44. The molecule has 0 saturated carbocycles. The highest BCUT2D eigenvalue weighted by Gasteiger charge is 2.16. The molecular weight excluding hydrogens is 295 g/mol. The Morgan fingerprint density at radius 3 is 2.80 bits per heavy atom. The van der Waals surface area contributed by atoms with Crippen molar-refractivity contribution >= 4 is 34.2 Å². The second kappa shape index (κ2) is 5.46. The van der Waals surface area contributed by atoms with Crippen molar-refractivity contribution in [2.45, 2.75) is 25.4 Å². The van der Waals surface area contributed by atoms with Crippen molar-refractivity contribution in [1.82, 2.24) is 19.3 Å². The molecule has 4 nitrogen and oxygen atoms in total. The number of alkyl halides is 1. The highest BCUT2D eigenvalue weighted by atomic mass is 35.5. The number of fused-ring (bicyclic) bond motifs is 1. The second-order valence-corrected chi connectivity index (χ2v) is 5.68. The number of hydrogen-bond acceptors (Lipinski definition) is 2. The summed E-state index contributed by atoms with van der Waals surface area (Å²) >= 11 is 12.5. The second-order valence-electron chi connectivity index (χ2n) is 4.61. The normalized spacial score (nSPS) is 12.9. The summed E-state index contributed by atoms with van der Waals surface area (Å²) in [5, 5.41) is 4.69. The van der Waals surface area contributed by atoms with Crippen LogP contribution in [0.4, 0.5) is 0 Å². The van der Waals surface area contributed by atoms with Gasteiger partial charge in [0.2, 0.25) is 0 Å². The van der Waals surface area contributed by atoms with Crippen LogP contribution in [0.3, 0.4) is 0 Å². The van der Waals surface area contributed by atoms with Crippen molar-refractivity contribution in [2.75, 3.05) is 0 Å². The van der Waals surface area contributed by atoms with Crippen molar-refractivity contribution in [1.29, 1.82) is 0 Å². The van der Waals surface area contributed by atoms with Crippen LogP contribution in [0.15, 0.2) is 36.7 Å². The SMILES string of the molecule is CC(Cl)c1nc2c(Cl)cccc2n1CCn1cccn1. The first-order valence-corrected chi connectivity index (χ1v) is 7.24.